The minimum absolute atomic E-state index is 0.297. The van der Waals surface area contributed by atoms with Gasteiger partial charge in [0.25, 0.3) is 0 Å². The number of nitrogens with two attached hydrogens (primary N) is 1. The first-order valence-electron chi connectivity index (χ1n) is 6.72. The van der Waals surface area contributed by atoms with E-state index in [0.717, 1.165) is 45.4 Å². The van der Waals surface area contributed by atoms with Gasteiger partial charge in [0.2, 0.25) is 5.91 Å². The SMILES string of the molecule is CC1(C)CCN(C(=O)CN2CCC(N)CC2)C1. The molecule has 4 nitrogen and oxygen atoms in total. The molecule has 2 saturated heterocycles. The van der Waals surface area contributed by atoms with E-state index in [1.54, 1.807) is 0 Å². The lowest BCUT2D eigenvalue weighted by Crippen LogP contribution is -2.45. The molecular formula is C13H25N3O. The van der Waals surface area contributed by atoms with Crippen LogP contribution in [0.25, 0.3) is 0 Å². The van der Waals surface area contributed by atoms with Crippen molar-refractivity contribution in [3.05, 3.63) is 0 Å². The van der Waals surface area contributed by atoms with Gasteiger partial charge in [0.1, 0.15) is 0 Å². The van der Waals surface area contributed by atoms with Crippen LogP contribution in [-0.4, -0.2) is 54.5 Å². The molecule has 2 rings (SSSR count). The molecule has 2 aliphatic heterocycles. The minimum Gasteiger partial charge on any atom is -0.341 e. The van der Waals surface area contributed by atoms with E-state index in [2.05, 4.69) is 18.7 Å². The average Bonchev–Trinajstić information content (AvgIpc) is 2.62. The zero-order valence-electron chi connectivity index (χ0n) is 11.1. The molecule has 17 heavy (non-hydrogen) atoms. The zero-order chi connectivity index (χ0) is 12.5. The summed E-state index contributed by atoms with van der Waals surface area (Å²) < 4.78 is 0. The maximum absolute atomic E-state index is 12.1. The van der Waals surface area contributed by atoms with Crippen LogP contribution >= 0.6 is 0 Å². The molecule has 0 saturated carbocycles. The summed E-state index contributed by atoms with van der Waals surface area (Å²) in [5.41, 5.74) is 6.17. The maximum atomic E-state index is 12.1. The van der Waals surface area contributed by atoms with Crippen LogP contribution in [-0.2, 0) is 4.79 Å². The average molecular weight is 239 g/mol. The lowest BCUT2D eigenvalue weighted by Gasteiger charge is -2.31. The molecule has 1 amide bonds. The Kier molecular flexibility index (Phi) is 3.73. The first kappa shape index (κ1) is 12.8. The molecule has 2 fully saturated rings. The fourth-order valence-corrected chi connectivity index (χ4v) is 2.73. The minimum atomic E-state index is 0.297. The summed E-state index contributed by atoms with van der Waals surface area (Å²) in [6.45, 7) is 8.86. The number of rotatable bonds is 2. The third-order valence-corrected chi connectivity index (χ3v) is 4.02. The molecule has 98 valence electrons. The van der Waals surface area contributed by atoms with E-state index in [1.165, 1.54) is 0 Å². The lowest BCUT2D eigenvalue weighted by molar-refractivity contribution is -0.132. The van der Waals surface area contributed by atoms with Gasteiger partial charge in [-0.1, -0.05) is 13.8 Å². The Bertz CT molecular complexity index is 282. The molecule has 2 aliphatic rings. The van der Waals surface area contributed by atoms with Crippen LogP contribution in [0.1, 0.15) is 33.1 Å². The Balaban J connectivity index is 1.78. The quantitative estimate of drug-likeness (QED) is 0.770. The fourth-order valence-electron chi connectivity index (χ4n) is 2.73. The first-order valence-corrected chi connectivity index (χ1v) is 6.72. The molecule has 0 radical (unpaired) electrons. The van der Waals surface area contributed by atoms with Crippen molar-refractivity contribution >= 4 is 5.91 Å². The summed E-state index contributed by atoms with van der Waals surface area (Å²) >= 11 is 0. The van der Waals surface area contributed by atoms with E-state index in [1.807, 2.05) is 4.90 Å². The normalized spacial score (nSPS) is 26.4. The van der Waals surface area contributed by atoms with E-state index in [9.17, 15) is 4.79 Å². The Morgan fingerprint density at radius 2 is 1.94 bits per heavy atom. The Labute approximate surface area is 104 Å². The van der Waals surface area contributed by atoms with Gasteiger partial charge in [-0.15, -0.1) is 0 Å². The van der Waals surface area contributed by atoms with Crippen LogP contribution in [0.15, 0.2) is 0 Å². The second kappa shape index (κ2) is 4.94. The van der Waals surface area contributed by atoms with Gasteiger partial charge in [-0.3, -0.25) is 9.69 Å². The summed E-state index contributed by atoms with van der Waals surface area (Å²) in [4.78, 5) is 16.4. The highest BCUT2D eigenvalue weighted by Crippen LogP contribution is 2.28. The topological polar surface area (TPSA) is 49.6 Å². The third-order valence-electron chi connectivity index (χ3n) is 4.02. The third kappa shape index (κ3) is 3.42. The zero-order valence-corrected chi connectivity index (χ0v) is 11.1. The molecule has 2 heterocycles. The van der Waals surface area contributed by atoms with Gasteiger partial charge < -0.3 is 10.6 Å². The molecule has 0 aromatic rings. The van der Waals surface area contributed by atoms with Crippen molar-refractivity contribution in [2.24, 2.45) is 11.1 Å². The van der Waals surface area contributed by atoms with Crippen molar-refractivity contribution in [1.82, 2.24) is 9.80 Å². The van der Waals surface area contributed by atoms with Crippen LogP contribution in [0.5, 0.6) is 0 Å². The van der Waals surface area contributed by atoms with Gasteiger partial charge >= 0.3 is 0 Å². The smallest absolute Gasteiger partial charge is 0.236 e. The highest BCUT2D eigenvalue weighted by molar-refractivity contribution is 5.78. The second-order valence-electron chi connectivity index (χ2n) is 6.34. The number of carbonyl (C=O) groups excluding carboxylic acids is 1. The molecule has 0 bridgehead atoms. The molecule has 0 spiro atoms. The van der Waals surface area contributed by atoms with Gasteiger partial charge in [-0.25, -0.2) is 0 Å². The summed E-state index contributed by atoms with van der Waals surface area (Å²) in [7, 11) is 0. The van der Waals surface area contributed by atoms with Gasteiger partial charge in [-0.05, 0) is 24.7 Å². The Morgan fingerprint density at radius 3 is 2.47 bits per heavy atom. The van der Waals surface area contributed by atoms with Gasteiger partial charge in [-0.2, -0.15) is 0 Å². The second-order valence-corrected chi connectivity index (χ2v) is 6.34. The highest BCUT2D eigenvalue weighted by Gasteiger charge is 2.32. The van der Waals surface area contributed by atoms with E-state index < -0.39 is 0 Å². The van der Waals surface area contributed by atoms with Crippen LogP contribution in [0, 0.1) is 5.41 Å². The maximum Gasteiger partial charge on any atom is 0.236 e. The number of hydrogen-bond donors (Lipinski definition) is 1. The predicted molar refractivity (Wildman–Crippen MR) is 68.6 cm³/mol. The molecular weight excluding hydrogens is 214 g/mol. The van der Waals surface area contributed by atoms with Crippen molar-refractivity contribution < 1.29 is 4.79 Å². The lowest BCUT2D eigenvalue weighted by atomic mass is 9.93. The summed E-state index contributed by atoms with van der Waals surface area (Å²) in [6, 6.07) is 0.340. The number of amides is 1. The summed E-state index contributed by atoms with van der Waals surface area (Å²) in [5, 5.41) is 0. The largest absolute Gasteiger partial charge is 0.341 e. The van der Waals surface area contributed by atoms with Crippen LogP contribution in [0.2, 0.25) is 0 Å². The number of likely N-dealkylation sites (tertiary alicyclic amines) is 2. The predicted octanol–water partition coefficient (Wildman–Crippen LogP) is 0.668. The summed E-state index contributed by atoms with van der Waals surface area (Å²) in [5.74, 6) is 0.297. The van der Waals surface area contributed by atoms with E-state index >= 15 is 0 Å². The van der Waals surface area contributed by atoms with Gasteiger partial charge in [0.15, 0.2) is 0 Å². The van der Waals surface area contributed by atoms with Gasteiger partial charge in [0.05, 0.1) is 6.54 Å². The number of carbonyl (C=O) groups is 1. The van der Waals surface area contributed by atoms with Crippen LogP contribution < -0.4 is 5.73 Å². The van der Waals surface area contributed by atoms with Crippen LogP contribution in [0.3, 0.4) is 0 Å². The summed E-state index contributed by atoms with van der Waals surface area (Å²) in [6.07, 6.45) is 3.18. The van der Waals surface area contributed by atoms with E-state index in [4.69, 9.17) is 5.73 Å². The fraction of sp³-hybridized carbons (Fsp3) is 0.923. The molecule has 0 aliphatic carbocycles. The molecule has 0 aromatic carbocycles. The molecule has 0 atom stereocenters. The van der Waals surface area contributed by atoms with E-state index in [-0.39, 0.29) is 0 Å². The molecule has 2 N–H and O–H groups in total. The van der Waals surface area contributed by atoms with Crippen molar-refractivity contribution in [2.45, 2.75) is 39.2 Å². The monoisotopic (exact) mass is 239 g/mol. The number of nitrogens with zero attached hydrogens (tertiary/aromatic N) is 2. The Morgan fingerprint density at radius 1 is 1.29 bits per heavy atom. The number of piperidine rings is 1. The van der Waals surface area contributed by atoms with E-state index in [0.29, 0.717) is 23.9 Å². The van der Waals surface area contributed by atoms with Crippen LogP contribution in [0.4, 0.5) is 0 Å². The highest BCUT2D eigenvalue weighted by atomic mass is 16.2. The molecule has 4 heteroatoms. The van der Waals surface area contributed by atoms with Crippen molar-refractivity contribution in [3.8, 4) is 0 Å². The van der Waals surface area contributed by atoms with Crippen molar-refractivity contribution in [3.63, 3.8) is 0 Å². The van der Waals surface area contributed by atoms with Crippen molar-refractivity contribution in [2.75, 3.05) is 32.7 Å². The van der Waals surface area contributed by atoms with Crippen molar-refractivity contribution in [1.29, 1.82) is 0 Å². The molecule has 0 unspecified atom stereocenters. The Hall–Kier alpha value is -0.610. The first-order chi connectivity index (χ1) is 7.96. The standard InChI is InChI=1S/C13H25N3O/c1-13(2)5-8-16(10-13)12(17)9-15-6-3-11(14)4-7-15/h11H,3-10,14H2,1-2H3. The number of hydrogen-bond acceptors (Lipinski definition) is 3. The molecule has 0 aromatic heterocycles. The van der Waals surface area contributed by atoms with Gasteiger partial charge in [0, 0.05) is 32.2 Å².